The molecule has 132 valence electrons. The summed E-state index contributed by atoms with van der Waals surface area (Å²) in [4.78, 5) is 13.7. The fraction of sp³-hybridized carbons (Fsp3) is 0.348. The first kappa shape index (κ1) is 15.8. The van der Waals surface area contributed by atoms with Crippen molar-refractivity contribution >= 4 is 16.7 Å². The number of Topliss-reactive ketones (excluding diaryl/α,β-unsaturated/α-hetero) is 1. The topological polar surface area (TPSA) is 42.2 Å². The largest absolute Gasteiger partial charge is 0.387 e. The molecule has 2 aliphatic carbocycles. The second-order valence-electron chi connectivity index (χ2n) is 7.96. The van der Waals surface area contributed by atoms with Gasteiger partial charge in [-0.15, -0.1) is 0 Å². The average Bonchev–Trinajstić information content (AvgIpc) is 2.98. The number of aryl methyl sites for hydroxylation is 1. The smallest absolute Gasteiger partial charge is 0.149 e. The van der Waals surface area contributed by atoms with Gasteiger partial charge in [0.05, 0.1) is 11.5 Å². The summed E-state index contributed by atoms with van der Waals surface area (Å²) in [6, 6.07) is 16.0. The maximum Gasteiger partial charge on any atom is 0.149 e. The number of hydrogen-bond acceptors (Lipinski definition) is 2. The Kier molecular flexibility index (Phi) is 3.38. The Labute approximate surface area is 153 Å². The van der Waals surface area contributed by atoms with Crippen molar-refractivity contribution in [2.75, 3.05) is 0 Å². The number of aliphatic hydroxyl groups excluding tert-OH is 1. The molecule has 2 aromatic carbocycles. The Balaban J connectivity index is 1.74. The molecule has 0 amide bonds. The zero-order chi connectivity index (χ0) is 17.9. The van der Waals surface area contributed by atoms with E-state index in [1.165, 1.54) is 16.5 Å². The van der Waals surface area contributed by atoms with Crippen LogP contribution >= 0.6 is 0 Å². The van der Waals surface area contributed by atoms with Crippen molar-refractivity contribution in [3.8, 4) is 0 Å². The number of rotatable bonds is 2. The molecule has 1 heterocycles. The Morgan fingerprint density at radius 2 is 1.96 bits per heavy atom. The summed E-state index contributed by atoms with van der Waals surface area (Å²) >= 11 is 0. The number of benzene rings is 2. The third kappa shape index (κ3) is 2.01. The zero-order valence-electron chi connectivity index (χ0n) is 15.0. The van der Waals surface area contributed by atoms with Crippen LogP contribution in [0.3, 0.4) is 0 Å². The molecule has 3 heteroatoms. The molecule has 3 nitrogen and oxygen atoms in total. The second kappa shape index (κ2) is 5.55. The summed E-state index contributed by atoms with van der Waals surface area (Å²) in [7, 11) is 2.06. The van der Waals surface area contributed by atoms with E-state index < -0.39 is 11.5 Å². The van der Waals surface area contributed by atoms with E-state index in [0.29, 0.717) is 6.42 Å². The van der Waals surface area contributed by atoms with Crippen LogP contribution in [0.25, 0.3) is 10.9 Å². The lowest BCUT2D eigenvalue weighted by Gasteiger charge is -2.41. The van der Waals surface area contributed by atoms with Gasteiger partial charge >= 0.3 is 0 Å². The van der Waals surface area contributed by atoms with Crippen molar-refractivity contribution < 1.29 is 9.90 Å². The fourth-order valence-corrected chi connectivity index (χ4v) is 5.35. The highest BCUT2D eigenvalue weighted by Crippen LogP contribution is 2.54. The lowest BCUT2D eigenvalue weighted by atomic mass is 9.62. The zero-order valence-corrected chi connectivity index (χ0v) is 15.0. The highest BCUT2D eigenvalue weighted by Gasteiger charge is 2.52. The normalized spacial score (nSPS) is 25.9. The minimum absolute atomic E-state index is 0.102. The maximum absolute atomic E-state index is 13.7. The molecule has 3 aromatic rings. The molecule has 2 bridgehead atoms. The van der Waals surface area contributed by atoms with Gasteiger partial charge in [-0.2, -0.15) is 0 Å². The first-order valence-corrected chi connectivity index (χ1v) is 9.46. The number of hydrogen-bond donors (Lipinski definition) is 1. The van der Waals surface area contributed by atoms with Crippen LogP contribution < -0.4 is 0 Å². The van der Waals surface area contributed by atoms with Crippen LogP contribution in [0.5, 0.6) is 0 Å². The molecular formula is C23H23NO2. The number of nitrogens with zero attached hydrogens (tertiary/aromatic N) is 1. The van der Waals surface area contributed by atoms with Crippen LogP contribution in [0.2, 0.25) is 0 Å². The second-order valence-corrected chi connectivity index (χ2v) is 7.96. The van der Waals surface area contributed by atoms with Crippen molar-refractivity contribution in [3.63, 3.8) is 0 Å². The molecule has 1 saturated carbocycles. The average molecular weight is 345 g/mol. The van der Waals surface area contributed by atoms with Gasteiger partial charge in [0.1, 0.15) is 5.78 Å². The first-order valence-electron chi connectivity index (χ1n) is 9.46. The molecule has 1 N–H and O–H groups in total. The van der Waals surface area contributed by atoms with E-state index in [9.17, 15) is 9.90 Å². The SMILES string of the molecule is Cn1cc2c3c(cccc31)[C@@H]1CCC[C@](C(O)c3ccccc3)(C2)C1=O. The maximum atomic E-state index is 13.7. The van der Waals surface area contributed by atoms with Crippen LogP contribution in [-0.2, 0) is 18.3 Å². The van der Waals surface area contributed by atoms with Crippen LogP contribution in [0.1, 0.15) is 48.0 Å². The summed E-state index contributed by atoms with van der Waals surface area (Å²) in [6.07, 6.45) is 4.63. The minimum atomic E-state index is -0.761. The van der Waals surface area contributed by atoms with Gasteiger partial charge in [-0.3, -0.25) is 4.79 Å². The van der Waals surface area contributed by atoms with E-state index in [0.717, 1.165) is 30.4 Å². The van der Waals surface area contributed by atoms with Gasteiger partial charge in [0.2, 0.25) is 0 Å². The van der Waals surface area contributed by atoms with Crippen LogP contribution in [-0.4, -0.2) is 15.5 Å². The summed E-state index contributed by atoms with van der Waals surface area (Å²) in [5.41, 5.74) is 3.66. The standard InChI is InChI=1S/C23H23NO2/c1-24-14-16-13-23(21(25)15-7-3-2-4-8-15)12-6-10-18(22(23)26)17-9-5-11-19(24)20(16)17/h2-5,7-9,11,14,18,21,25H,6,10,12-13H2,1H3/t18-,21?,23+/m0/s1. The van der Waals surface area contributed by atoms with Crippen molar-refractivity contribution in [2.45, 2.75) is 37.7 Å². The Bertz CT molecular complexity index is 1000. The van der Waals surface area contributed by atoms with Gasteiger partial charge in [0.15, 0.2) is 0 Å². The Morgan fingerprint density at radius 1 is 1.15 bits per heavy atom. The summed E-state index contributed by atoms with van der Waals surface area (Å²) in [5.74, 6) is 0.126. The third-order valence-corrected chi connectivity index (χ3v) is 6.57. The number of fused-ring (bicyclic) bond motifs is 3. The highest BCUT2D eigenvalue weighted by molar-refractivity contribution is 6.00. The predicted molar refractivity (Wildman–Crippen MR) is 102 cm³/mol. The molecule has 0 radical (unpaired) electrons. The van der Waals surface area contributed by atoms with Crippen molar-refractivity contribution in [1.29, 1.82) is 0 Å². The number of carbonyl (C=O) groups is 1. The molecule has 0 aliphatic heterocycles. The van der Waals surface area contributed by atoms with E-state index in [-0.39, 0.29) is 11.7 Å². The molecular weight excluding hydrogens is 322 g/mol. The lowest BCUT2D eigenvalue weighted by Crippen LogP contribution is -2.44. The fourth-order valence-electron chi connectivity index (χ4n) is 5.35. The van der Waals surface area contributed by atoms with Crippen molar-refractivity contribution in [2.24, 2.45) is 12.5 Å². The van der Waals surface area contributed by atoms with Crippen LogP contribution in [0.4, 0.5) is 0 Å². The van der Waals surface area contributed by atoms with Gasteiger partial charge < -0.3 is 9.67 Å². The van der Waals surface area contributed by atoms with E-state index in [2.05, 4.69) is 36.0 Å². The summed E-state index contributed by atoms with van der Waals surface area (Å²) in [5, 5.41) is 12.6. The van der Waals surface area contributed by atoms with Gasteiger partial charge in [0, 0.05) is 30.1 Å². The molecule has 0 spiro atoms. The monoisotopic (exact) mass is 345 g/mol. The van der Waals surface area contributed by atoms with E-state index in [4.69, 9.17) is 0 Å². The molecule has 1 unspecified atom stereocenters. The molecule has 1 fully saturated rings. The molecule has 0 saturated heterocycles. The van der Waals surface area contributed by atoms with E-state index >= 15 is 0 Å². The molecule has 3 atom stereocenters. The van der Waals surface area contributed by atoms with Crippen LogP contribution in [0.15, 0.2) is 54.7 Å². The molecule has 1 aromatic heterocycles. The Hall–Kier alpha value is -2.39. The summed E-state index contributed by atoms with van der Waals surface area (Å²) in [6.45, 7) is 0. The number of carbonyl (C=O) groups excluding carboxylic acids is 1. The predicted octanol–water partition coefficient (Wildman–Crippen LogP) is 4.29. The van der Waals surface area contributed by atoms with Crippen molar-refractivity contribution in [3.05, 3.63) is 71.4 Å². The number of aromatic nitrogens is 1. The Morgan fingerprint density at radius 3 is 2.77 bits per heavy atom. The van der Waals surface area contributed by atoms with Crippen molar-refractivity contribution in [1.82, 2.24) is 4.57 Å². The first-order chi connectivity index (χ1) is 12.6. The molecule has 5 rings (SSSR count). The number of aliphatic hydroxyl groups is 1. The van der Waals surface area contributed by atoms with Gasteiger partial charge in [-0.05, 0) is 42.0 Å². The quantitative estimate of drug-likeness (QED) is 0.753. The van der Waals surface area contributed by atoms with Crippen LogP contribution in [0, 0.1) is 5.41 Å². The third-order valence-electron chi connectivity index (χ3n) is 6.57. The van der Waals surface area contributed by atoms with Gasteiger partial charge in [-0.1, -0.05) is 48.9 Å². The van der Waals surface area contributed by atoms with E-state index in [1.54, 1.807) is 0 Å². The van der Waals surface area contributed by atoms with Gasteiger partial charge in [0.25, 0.3) is 0 Å². The lowest BCUT2D eigenvalue weighted by molar-refractivity contribution is -0.141. The van der Waals surface area contributed by atoms with Gasteiger partial charge in [-0.25, -0.2) is 0 Å². The minimum Gasteiger partial charge on any atom is -0.387 e. The van der Waals surface area contributed by atoms with E-state index in [1.807, 2.05) is 30.3 Å². The highest BCUT2D eigenvalue weighted by atomic mass is 16.3. The summed E-state index contributed by atoms with van der Waals surface area (Å²) < 4.78 is 2.16. The molecule has 2 aliphatic rings. The number of ketones is 1. The molecule has 26 heavy (non-hydrogen) atoms.